The van der Waals surface area contributed by atoms with E-state index in [-0.39, 0.29) is 13.2 Å². The molecule has 0 saturated carbocycles. The van der Waals surface area contributed by atoms with Gasteiger partial charge in [0, 0.05) is 13.2 Å². The maximum atomic E-state index is 12.3. The Kier molecular flexibility index (Phi) is 7.65. The highest BCUT2D eigenvalue weighted by atomic mass is 19.4. The van der Waals surface area contributed by atoms with Crippen LogP contribution in [0, 0.1) is 0 Å². The van der Waals surface area contributed by atoms with Gasteiger partial charge in [0.25, 0.3) is 0 Å². The first-order valence-electron chi connectivity index (χ1n) is 4.90. The minimum Gasteiger partial charge on any atom is -0.382 e. The van der Waals surface area contributed by atoms with Crippen LogP contribution in [0.1, 0.15) is 6.92 Å². The normalized spacial score (nSPS) is 16.1. The third-order valence-corrected chi connectivity index (χ3v) is 1.76. The third kappa shape index (κ3) is 7.00. The minimum atomic E-state index is -4.44. The van der Waals surface area contributed by atoms with Crippen molar-refractivity contribution in [2.75, 3.05) is 33.5 Å². The van der Waals surface area contributed by atoms with Crippen LogP contribution in [0.2, 0.25) is 0 Å². The van der Waals surface area contributed by atoms with Gasteiger partial charge in [-0.3, -0.25) is 0 Å². The quantitative estimate of drug-likeness (QED) is 0.647. The molecular weight excluding hydrogens is 227 g/mol. The summed E-state index contributed by atoms with van der Waals surface area (Å²) in [6.45, 7) is 1.92. The Morgan fingerprint density at radius 2 is 1.69 bits per heavy atom. The van der Waals surface area contributed by atoms with Crippen LogP contribution in [0.3, 0.4) is 0 Å². The van der Waals surface area contributed by atoms with E-state index in [2.05, 4.69) is 4.74 Å². The van der Waals surface area contributed by atoms with E-state index >= 15 is 0 Å². The Labute approximate surface area is 92.8 Å². The summed E-state index contributed by atoms with van der Waals surface area (Å²) in [4.78, 5) is 0. The maximum absolute atomic E-state index is 12.3. The Balaban J connectivity index is 3.70. The molecule has 0 aliphatic heterocycles. The van der Waals surface area contributed by atoms with Crippen molar-refractivity contribution in [3.63, 3.8) is 0 Å². The maximum Gasteiger partial charge on any atom is 0.416 e. The predicted octanol–water partition coefficient (Wildman–Crippen LogP) is 0.944. The van der Waals surface area contributed by atoms with Crippen LogP contribution in [0.25, 0.3) is 0 Å². The summed E-state index contributed by atoms with van der Waals surface area (Å²) in [5, 5.41) is 0. The Morgan fingerprint density at radius 1 is 1.12 bits per heavy atom. The van der Waals surface area contributed by atoms with Crippen LogP contribution in [-0.4, -0.2) is 51.9 Å². The van der Waals surface area contributed by atoms with Crippen molar-refractivity contribution in [1.29, 1.82) is 0 Å². The van der Waals surface area contributed by atoms with Gasteiger partial charge in [-0.2, -0.15) is 13.2 Å². The van der Waals surface area contributed by atoms with Gasteiger partial charge in [-0.15, -0.1) is 0 Å². The number of ether oxygens (including phenoxy) is 3. The van der Waals surface area contributed by atoms with Gasteiger partial charge in [-0.05, 0) is 6.92 Å². The van der Waals surface area contributed by atoms with Crippen LogP contribution in [-0.2, 0) is 14.2 Å². The average Bonchev–Trinajstić information content (AvgIpc) is 2.13. The van der Waals surface area contributed by atoms with Gasteiger partial charge >= 0.3 is 6.18 Å². The lowest BCUT2D eigenvalue weighted by molar-refractivity contribution is -0.227. The number of nitrogens with two attached hydrogens (primary N) is 1. The van der Waals surface area contributed by atoms with Crippen molar-refractivity contribution in [2.24, 2.45) is 5.73 Å². The van der Waals surface area contributed by atoms with Gasteiger partial charge in [-0.25, -0.2) is 0 Å². The number of halogens is 3. The molecule has 7 heteroatoms. The van der Waals surface area contributed by atoms with Crippen molar-refractivity contribution in [2.45, 2.75) is 25.2 Å². The third-order valence-electron chi connectivity index (χ3n) is 1.76. The molecule has 0 aliphatic carbocycles. The molecule has 2 N–H and O–H groups in total. The van der Waals surface area contributed by atoms with Gasteiger partial charge in [0.2, 0.25) is 0 Å². The second-order valence-electron chi connectivity index (χ2n) is 3.30. The Hall–Kier alpha value is -0.370. The summed E-state index contributed by atoms with van der Waals surface area (Å²) in [6, 6.07) is -1.10. The first kappa shape index (κ1) is 15.6. The molecule has 0 fully saturated rings. The predicted molar refractivity (Wildman–Crippen MR) is 52.1 cm³/mol. The number of alkyl halides is 3. The molecule has 0 spiro atoms. The van der Waals surface area contributed by atoms with Gasteiger partial charge in [-0.1, -0.05) is 0 Å². The molecule has 0 aliphatic rings. The van der Waals surface area contributed by atoms with Crippen LogP contribution in [0.5, 0.6) is 0 Å². The average molecular weight is 245 g/mol. The van der Waals surface area contributed by atoms with E-state index in [0.717, 1.165) is 0 Å². The highest BCUT2D eigenvalue weighted by Gasteiger charge is 2.42. The first-order chi connectivity index (χ1) is 7.39. The van der Waals surface area contributed by atoms with Crippen molar-refractivity contribution in [1.82, 2.24) is 0 Å². The van der Waals surface area contributed by atoms with Crippen molar-refractivity contribution >= 4 is 0 Å². The fourth-order valence-corrected chi connectivity index (χ4v) is 1.02. The molecule has 2 atom stereocenters. The van der Waals surface area contributed by atoms with Crippen LogP contribution < -0.4 is 5.73 Å². The molecule has 0 aromatic carbocycles. The van der Waals surface area contributed by atoms with E-state index in [1.165, 1.54) is 14.0 Å². The smallest absolute Gasteiger partial charge is 0.382 e. The zero-order chi connectivity index (χ0) is 12.6. The van der Waals surface area contributed by atoms with Crippen LogP contribution in [0.15, 0.2) is 0 Å². The molecule has 0 radical (unpaired) electrons. The van der Waals surface area contributed by atoms with Gasteiger partial charge < -0.3 is 19.9 Å². The fraction of sp³-hybridized carbons (Fsp3) is 1.00. The number of hydrogen-bond donors (Lipinski definition) is 1. The van der Waals surface area contributed by atoms with E-state index in [0.29, 0.717) is 13.2 Å². The SMILES string of the molecule is COCCOCCOC(C(C)N)C(F)(F)F. The molecule has 4 nitrogen and oxygen atoms in total. The summed E-state index contributed by atoms with van der Waals surface area (Å²) in [7, 11) is 1.51. The monoisotopic (exact) mass is 245 g/mol. The molecule has 0 bridgehead atoms. The molecule has 0 aromatic heterocycles. The molecule has 98 valence electrons. The molecule has 0 saturated heterocycles. The van der Waals surface area contributed by atoms with E-state index in [4.69, 9.17) is 15.2 Å². The van der Waals surface area contributed by atoms with Gasteiger partial charge in [0.15, 0.2) is 6.10 Å². The molecule has 0 rings (SSSR count). The Morgan fingerprint density at radius 3 is 2.12 bits per heavy atom. The summed E-state index contributed by atoms with van der Waals surface area (Å²) >= 11 is 0. The summed E-state index contributed by atoms with van der Waals surface area (Å²) in [5.74, 6) is 0. The highest BCUT2D eigenvalue weighted by molar-refractivity contribution is 4.76. The van der Waals surface area contributed by atoms with Gasteiger partial charge in [0.1, 0.15) is 0 Å². The largest absolute Gasteiger partial charge is 0.416 e. The van der Waals surface area contributed by atoms with E-state index in [1.54, 1.807) is 0 Å². The van der Waals surface area contributed by atoms with Crippen molar-refractivity contribution in [3.8, 4) is 0 Å². The lowest BCUT2D eigenvalue weighted by Gasteiger charge is -2.23. The second-order valence-corrected chi connectivity index (χ2v) is 3.30. The fourth-order valence-electron chi connectivity index (χ4n) is 1.02. The summed E-state index contributed by atoms with van der Waals surface area (Å²) < 4.78 is 51.3. The van der Waals surface area contributed by atoms with Crippen molar-refractivity contribution in [3.05, 3.63) is 0 Å². The molecule has 16 heavy (non-hydrogen) atoms. The molecule has 0 amide bonds. The van der Waals surface area contributed by atoms with Crippen LogP contribution in [0.4, 0.5) is 13.2 Å². The van der Waals surface area contributed by atoms with E-state index < -0.39 is 18.3 Å². The number of methoxy groups -OCH3 is 1. The van der Waals surface area contributed by atoms with E-state index in [1.807, 2.05) is 0 Å². The highest BCUT2D eigenvalue weighted by Crippen LogP contribution is 2.24. The van der Waals surface area contributed by atoms with E-state index in [9.17, 15) is 13.2 Å². The second kappa shape index (κ2) is 7.83. The van der Waals surface area contributed by atoms with Gasteiger partial charge in [0.05, 0.1) is 26.4 Å². The minimum absolute atomic E-state index is 0.0860. The zero-order valence-electron chi connectivity index (χ0n) is 9.42. The summed E-state index contributed by atoms with van der Waals surface area (Å²) in [6.07, 6.45) is -6.39. The lowest BCUT2D eigenvalue weighted by atomic mass is 10.2. The Bertz CT molecular complexity index is 176. The summed E-state index contributed by atoms with van der Waals surface area (Å²) in [5.41, 5.74) is 5.18. The lowest BCUT2D eigenvalue weighted by Crippen LogP contribution is -2.45. The standard InChI is InChI=1S/C9H18F3NO3/c1-7(13)8(9(10,11)12)16-6-5-15-4-3-14-2/h7-8H,3-6,13H2,1-2H3. The zero-order valence-corrected chi connectivity index (χ0v) is 9.42. The first-order valence-corrected chi connectivity index (χ1v) is 4.90. The molecule has 2 unspecified atom stereocenters. The molecule has 0 aromatic rings. The van der Waals surface area contributed by atoms with Crippen LogP contribution >= 0.6 is 0 Å². The molecule has 0 heterocycles. The molecular formula is C9H18F3NO3. The number of hydrogen-bond acceptors (Lipinski definition) is 4. The van der Waals surface area contributed by atoms with Crippen molar-refractivity contribution < 1.29 is 27.4 Å². The topological polar surface area (TPSA) is 53.7 Å². The number of rotatable bonds is 8.